The average molecular weight is 316 g/mol. The van der Waals surface area contributed by atoms with E-state index in [1.54, 1.807) is 18.2 Å². The van der Waals surface area contributed by atoms with Crippen molar-refractivity contribution in [1.29, 1.82) is 0 Å². The van der Waals surface area contributed by atoms with Crippen LogP contribution in [0.3, 0.4) is 0 Å². The summed E-state index contributed by atoms with van der Waals surface area (Å²) in [5.41, 5.74) is 6.14. The second-order valence-electron chi connectivity index (χ2n) is 4.14. The number of hydrogen-bond donors (Lipinski definition) is 2. The van der Waals surface area contributed by atoms with Crippen molar-refractivity contribution in [3.8, 4) is 5.75 Å². The molecule has 0 heterocycles. The molecule has 1 aromatic carbocycles. The van der Waals surface area contributed by atoms with Crippen LogP contribution in [0.4, 0.5) is 0 Å². The monoisotopic (exact) mass is 315 g/mol. The van der Waals surface area contributed by atoms with Gasteiger partial charge in [-0.25, -0.2) is 0 Å². The van der Waals surface area contributed by atoms with Crippen molar-refractivity contribution < 1.29 is 9.94 Å². The highest BCUT2D eigenvalue weighted by Gasteiger charge is 2.05. The molecule has 0 atom stereocenters. The first-order chi connectivity index (χ1) is 8.54. The van der Waals surface area contributed by atoms with Gasteiger partial charge in [0.05, 0.1) is 11.1 Å². The molecule has 0 radical (unpaired) electrons. The van der Waals surface area contributed by atoms with Gasteiger partial charge >= 0.3 is 0 Å². The van der Waals surface area contributed by atoms with Gasteiger partial charge in [0, 0.05) is 12.1 Å². The molecule has 3 N–H and O–H groups in total. The largest absolute Gasteiger partial charge is 0.492 e. The Morgan fingerprint density at radius 1 is 1.50 bits per heavy atom. The maximum absolute atomic E-state index is 8.59. The molecule has 1 rings (SSSR count). The molecule has 0 saturated heterocycles. The number of oxime groups is 1. The van der Waals surface area contributed by atoms with E-state index in [1.807, 2.05) is 14.1 Å². The van der Waals surface area contributed by atoms with Crippen molar-refractivity contribution in [2.45, 2.75) is 6.42 Å². The topological polar surface area (TPSA) is 71.1 Å². The fourth-order valence-corrected chi connectivity index (χ4v) is 1.89. The highest BCUT2D eigenvalue weighted by molar-refractivity contribution is 9.10. The normalized spacial score (nSPS) is 11.9. The van der Waals surface area contributed by atoms with Crippen molar-refractivity contribution in [1.82, 2.24) is 4.90 Å². The summed E-state index contributed by atoms with van der Waals surface area (Å²) in [5, 5.41) is 11.5. The summed E-state index contributed by atoms with van der Waals surface area (Å²) in [7, 11) is 4.06. The molecule has 0 bridgehead atoms. The maximum atomic E-state index is 8.59. The molecular weight excluding hydrogens is 298 g/mol. The quantitative estimate of drug-likeness (QED) is 0.276. The zero-order valence-electron chi connectivity index (χ0n) is 10.6. The van der Waals surface area contributed by atoms with Crippen LogP contribution in [0, 0.1) is 0 Å². The first-order valence-corrected chi connectivity index (χ1v) is 6.39. The van der Waals surface area contributed by atoms with Gasteiger partial charge in [-0.1, -0.05) is 5.16 Å². The van der Waals surface area contributed by atoms with Crippen LogP contribution in [0.15, 0.2) is 27.8 Å². The second-order valence-corrected chi connectivity index (χ2v) is 4.99. The first kappa shape index (κ1) is 14.8. The van der Waals surface area contributed by atoms with Gasteiger partial charge in [0.1, 0.15) is 5.75 Å². The highest BCUT2D eigenvalue weighted by Crippen LogP contribution is 2.26. The molecule has 0 aliphatic carbocycles. The van der Waals surface area contributed by atoms with E-state index in [1.165, 1.54) is 0 Å². The molecule has 5 nitrogen and oxygen atoms in total. The van der Waals surface area contributed by atoms with Crippen molar-refractivity contribution >= 4 is 21.8 Å². The Hall–Kier alpha value is -1.27. The lowest BCUT2D eigenvalue weighted by molar-refractivity contribution is 0.280. The summed E-state index contributed by atoms with van der Waals surface area (Å²) >= 11 is 3.40. The number of hydrogen-bond acceptors (Lipinski definition) is 4. The predicted octanol–water partition coefficient (Wildman–Crippen LogP) is 1.87. The van der Waals surface area contributed by atoms with Crippen molar-refractivity contribution in [3.63, 3.8) is 0 Å². The van der Waals surface area contributed by atoms with Gasteiger partial charge < -0.3 is 20.6 Å². The smallest absolute Gasteiger partial charge is 0.170 e. The number of benzene rings is 1. The molecular formula is C12H18BrN3O2. The van der Waals surface area contributed by atoms with E-state index in [0.717, 1.165) is 23.2 Å². The molecule has 18 heavy (non-hydrogen) atoms. The third-order valence-electron chi connectivity index (χ3n) is 2.34. The molecule has 6 heteroatoms. The minimum Gasteiger partial charge on any atom is -0.492 e. The first-order valence-electron chi connectivity index (χ1n) is 5.59. The molecule has 0 amide bonds. The summed E-state index contributed by atoms with van der Waals surface area (Å²) in [6.07, 6.45) is 0.960. The van der Waals surface area contributed by atoms with Gasteiger partial charge in [0.15, 0.2) is 5.84 Å². The SMILES string of the molecule is CN(C)CCCOc1ccc(/C(N)=N/O)cc1Br. The van der Waals surface area contributed by atoms with E-state index in [2.05, 4.69) is 26.0 Å². The Kier molecular flexibility index (Phi) is 5.94. The molecule has 0 fully saturated rings. The zero-order valence-corrected chi connectivity index (χ0v) is 12.1. The lowest BCUT2D eigenvalue weighted by Crippen LogP contribution is -2.16. The Morgan fingerprint density at radius 2 is 2.22 bits per heavy atom. The average Bonchev–Trinajstić information content (AvgIpc) is 2.34. The second kappa shape index (κ2) is 7.23. The van der Waals surface area contributed by atoms with Crippen LogP contribution in [0.2, 0.25) is 0 Å². The van der Waals surface area contributed by atoms with Crippen LogP contribution in [-0.2, 0) is 0 Å². The molecule has 100 valence electrons. The molecule has 0 spiro atoms. The van der Waals surface area contributed by atoms with Gasteiger partial charge in [-0.15, -0.1) is 0 Å². The lowest BCUT2D eigenvalue weighted by Gasteiger charge is -2.11. The van der Waals surface area contributed by atoms with Crippen molar-refractivity contribution in [2.75, 3.05) is 27.2 Å². The molecule has 0 saturated carbocycles. The Bertz CT molecular complexity index is 422. The summed E-state index contributed by atoms with van der Waals surface area (Å²) in [6, 6.07) is 5.31. The number of nitrogens with zero attached hydrogens (tertiary/aromatic N) is 2. The van der Waals surface area contributed by atoms with Gasteiger partial charge in [-0.2, -0.15) is 0 Å². The van der Waals surface area contributed by atoms with E-state index in [-0.39, 0.29) is 5.84 Å². The van der Waals surface area contributed by atoms with Gasteiger partial charge in [0.2, 0.25) is 0 Å². The van der Waals surface area contributed by atoms with Crippen LogP contribution in [0.5, 0.6) is 5.75 Å². The Balaban J connectivity index is 2.58. The predicted molar refractivity (Wildman–Crippen MR) is 75.3 cm³/mol. The van der Waals surface area contributed by atoms with Crippen molar-refractivity contribution in [2.24, 2.45) is 10.9 Å². The number of rotatable bonds is 6. The van der Waals surface area contributed by atoms with Gasteiger partial charge in [-0.05, 0) is 54.6 Å². The number of halogens is 1. The fourth-order valence-electron chi connectivity index (χ4n) is 1.40. The highest BCUT2D eigenvalue weighted by atomic mass is 79.9. The summed E-state index contributed by atoms with van der Waals surface area (Å²) in [4.78, 5) is 2.11. The van der Waals surface area contributed by atoms with Crippen molar-refractivity contribution in [3.05, 3.63) is 28.2 Å². The van der Waals surface area contributed by atoms with E-state index in [4.69, 9.17) is 15.7 Å². The molecule has 0 aliphatic heterocycles. The fraction of sp³-hybridized carbons (Fsp3) is 0.417. The lowest BCUT2D eigenvalue weighted by atomic mass is 10.2. The van der Waals surface area contributed by atoms with Crippen LogP contribution in [0.25, 0.3) is 0 Å². The molecule has 0 unspecified atom stereocenters. The van der Waals surface area contributed by atoms with E-state index >= 15 is 0 Å². The third-order valence-corrected chi connectivity index (χ3v) is 2.96. The summed E-state index contributed by atoms with van der Waals surface area (Å²) in [5.74, 6) is 0.832. The van der Waals surface area contributed by atoms with Gasteiger partial charge in [-0.3, -0.25) is 0 Å². The van der Waals surface area contributed by atoms with Crippen LogP contribution in [0.1, 0.15) is 12.0 Å². The number of nitrogens with two attached hydrogens (primary N) is 1. The zero-order chi connectivity index (χ0) is 13.5. The maximum Gasteiger partial charge on any atom is 0.170 e. The van der Waals surface area contributed by atoms with Gasteiger partial charge in [0.25, 0.3) is 0 Å². The Labute approximate surface area is 115 Å². The molecule has 0 aliphatic rings. The third kappa shape index (κ3) is 4.54. The summed E-state index contributed by atoms with van der Waals surface area (Å²) in [6.45, 7) is 1.64. The number of ether oxygens (including phenoxy) is 1. The molecule has 0 aromatic heterocycles. The van der Waals surface area contributed by atoms with E-state index in [0.29, 0.717) is 12.2 Å². The standard InChI is InChI=1S/C12H18BrN3O2/c1-16(2)6-3-7-18-11-5-4-9(8-10(11)13)12(14)15-17/h4-5,8,17H,3,6-7H2,1-2H3,(H2,14,15). The Morgan fingerprint density at radius 3 is 2.78 bits per heavy atom. The molecule has 1 aromatic rings. The summed E-state index contributed by atoms with van der Waals surface area (Å²) < 4.78 is 6.43. The number of amidine groups is 1. The van der Waals surface area contributed by atoms with E-state index in [9.17, 15) is 0 Å². The van der Waals surface area contributed by atoms with Crippen LogP contribution < -0.4 is 10.5 Å². The van der Waals surface area contributed by atoms with Crippen LogP contribution in [-0.4, -0.2) is 43.2 Å². The minimum absolute atomic E-state index is 0.0786. The van der Waals surface area contributed by atoms with E-state index < -0.39 is 0 Å². The minimum atomic E-state index is 0.0786. The van der Waals surface area contributed by atoms with Crippen LogP contribution >= 0.6 is 15.9 Å².